The van der Waals surface area contributed by atoms with E-state index in [1.165, 1.54) is 18.4 Å². The van der Waals surface area contributed by atoms with Crippen LogP contribution in [0.4, 0.5) is 0 Å². The highest BCUT2D eigenvalue weighted by molar-refractivity contribution is 5.29. The van der Waals surface area contributed by atoms with Crippen molar-refractivity contribution in [3.05, 3.63) is 29.6 Å². The fraction of sp³-hybridized carbons (Fsp3) is 0.545. The van der Waals surface area contributed by atoms with Crippen LogP contribution in [-0.2, 0) is 6.42 Å². The Balaban J connectivity index is 2.08. The van der Waals surface area contributed by atoms with Gasteiger partial charge >= 0.3 is 0 Å². The summed E-state index contributed by atoms with van der Waals surface area (Å²) < 4.78 is 0. The summed E-state index contributed by atoms with van der Waals surface area (Å²) in [4.78, 5) is 4.29. The number of aliphatic hydroxyl groups excluding tert-OH is 1. The van der Waals surface area contributed by atoms with E-state index >= 15 is 0 Å². The molecule has 1 aromatic heterocycles. The van der Waals surface area contributed by atoms with Crippen molar-refractivity contribution in [3.63, 3.8) is 0 Å². The van der Waals surface area contributed by atoms with Crippen molar-refractivity contribution in [2.24, 2.45) is 5.41 Å². The molecule has 2 aliphatic carbocycles. The number of fused-ring (bicyclic) bond motifs is 1. The Morgan fingerprint density at radius 1 is 1.38 bits per heavy atom. The van der Waals surface area contributed by atoms with E-state index in [0.717, 1.165) is 18.5 Å². The van der Waals surface area contributed by atoms with Crippen molar-refractivity contribution in [1.29, 1.82) is 0 Å². The van der Waals surface area contributed by atoms with Gasteiger partial charge in [0.15, 0.2) is 0 Å². The zero-order valence-electron chi connectivity index (χ0n) is 7.53. The molecule has 1 aromatic rings. The van der Waals surface area contributed by atoms with Crippen LogP contribution in [0.3, 0.4) is 0 Å². The van der Waals surface area contributed by atoms with Crippen LogP contribution < -0.4 is 0 Å². The van der Waals surface area contributed by atoms with Crippen LogP contribution in [0.25, 0.3) is 0 Å². The van der Waals surface area contributed by atoms with Gasteiger partial charge in [0.1, 0.15) is 6.10 Å². The second-order valence-corrected chi connectivity index (χ2v) is 4.31. The first-order valence-corrected chi connectivity index (χ1v) is 4.94. The molecule has 13 heavy (non-hydrogen) atoms. The Morgan fingerprint density at radius 2 is 2.23 bits per heavy atom. The zero-order chi connectivity index (χ0) is 8.89. The first-order valence-electron chi connectivity index (χ1n) is 4.94. The van der Waals surface area contributed by atoms with Gasteiger partial charge in [0.05, 0.1) is 5.69 Å². The molecular formula is C11H13NO. The average Bonchev–Trinajstić information content (AvgIpc) is 2.94. The molecule has 1 spiro atoms. The average molecular weight is 175 g/mol. The normalized spacial score (nSPS) is 28.5. The van der Waals surface area contributed by atoms with Gasteiger partial charge in [-0.2, -0.15) is 0 Å². The second kappa shape index (κ2) is 2.32. The highest BCUT2D eigenvalue weighted by Gasteiger charge is 2.51. The molecule has 0 aromatic carbocycles. The maximum atomic E-state index is 10.1. The Labute approximate surface area is 77.6 Å². The van der Waals surface area contributed by atoms with Crippen LogP contribution in [-0.4, -0.2) is 10.1 Å². The first-order chi connectivity index (χ1) is 6.32. The van der Waals surface area contributed by atoms with Crippen LogP contribution in [0.5, 0.6) is 0 Å². The van der Waals surface area contributed by atoms with Gasteiger partial charge in [-0.05, 0) is 37.3 Å². The van der Waals surface area contributed by atoms with E-state index < -0.39 is 0 Å². The van der Waals surface area contributed by atoms with Crippen LogP contribution in [0.15, 0.2) is 18.3 Å². The smallest absolute Gasteiger partial charge is 0.102 e. The summed E-state index contributed by atoms with van der Waals surface area (Å²) >= 11 is 0. The fourth-order valence-corrected chi connectivity index (χ4v) is 2.40. The van der Waals surface area contributed by atoms with Gasteiger partial charge in [0.2, 0.25) is 0 Å². The zero-order valence-corrected chi connectivity index (χ0v) is 7.53. The molecule has 1 atom stereocenters. The first kappa shape index (κ1) is 7.51. The molecule has 0 saturated heterocycles. The fourth-order valence-electron chi connectivity index (χ4n) is 2.40. The van der Waals surface area contributed by atoms with E-state index in [4.69, 9.17) is 0 Å². The quantitative estimate of drug-likeness (QED) is 0.652. The van der Waals surface area contributed by atoms with Gasteiger partial charge in [0.25, 0.3) is 0 Å². The summed E-state index contributed by atoms with van der Waals surface area (Å²) in [7, 11) is 0. The number of aliphatic hydroxyl groups is 1. The molecule has 68 valence electrons. The summed E-state index contributed by atoms with van der Waals surface area (Å²) in [5.74, 6) is 0. The molecule has 0 bridgehead atoms. The largest absolute Gasteiger partial charge is 0.386 e. The van der Waals surface area contributed by atoms with Crippen LogP contribution in [0.1, 0.15) is 36.6 Å². The van der Waals surface area contributed by atoms with E-state index in [1.807, 2.05) is 6.07 Å². The lowest BCUT2D eigenvalue weighted by molar-refractivity contribution is 0.0735. The number of nitrogens with zero attached hydrogens (tertiary/aromatic N) is 1. The van der Waals surface area contributed by atoms with Gasteiger partial charge in [-0.1, -0.05) is 6.07 Å². The van der Waals surface area contributed by atoms with E-state index in [0.29, 0.717) is 0 Å². The highest BCUT2D eigenvalue weighted by Crippen LogP contribution is 2.60. The lowest BCUT2D eigenvalue weighted by Gasteiger charge is -2.28. The van der Waals surface area contributed by atoms with Crippen molar-refractivity contribution in [1.82, 2.24) is 4.98 Å². The van der Waals surface area contributed by atoms with Crippen molar-refractivity contribution in [2.75, 3.05) is 0 Å². The lowest BCUT2D eigenvalue weighted by Crippen LogP contribution is -2.22. The Hall–Kier alpha value is -0.890. The number of pyridine rings is 1. The standard InChI is InChI=1S/C11H13NO/c13-10-9-8(2-1-7-12-9)3-4-11(10)5-6-11/h1-2,7,10,13H,3-6H2. The summed E-state index contributed by atoms with van der Waals surface area (Å²) in [6.07, 6.45) is 6.10. The van der Waals surface area contributed by atoms with Crippen molar-refractivity contribution < 1.29 is 5.11 Å². The number of hydrogen-bond acceptors (Lipinski definition) is 2. The number of aryl methyl sites for hydroxylation is 1. The minimum atomic E-state index is -0.294. The summed E-state index contributed by atoms with van der Waals surface area (Å²) in [5, 5.41) is 10.1. The predicted octanol–water partition coefficient (Wildman–Crippen LogP) is 1.84. The number of aromatic nitrogens is 1. The van der Waals surface area contributed by atoms with Crippen LogP contribution >= 0.6 is 0 Å². The van der Waals surface area contributed by atoms with E-state index in [2.05, 4.69) is 11.1 Å². The molecule has 1 heterocycles. The minimum absolute atomic E-state index is 0.224. The van der Waals surface area contributed by atoms with Gasteiger partial charge < -0.3 is 5.11 Å². The van der Waals surface area contributed by atoms with E-state index in [-0.39, 0.29) is 11.5 Å². The SMILES string of the molecule is OC1c2ncccc2CCC12CC2. The molecule has 0 aliphatic heterocycles. The molecule has 1 unspecified atom stereocenters. The monoisotopic (exact) mass is 175 g/mol. The van der Waals surface area contributed by atoms with Crippen LogP contribution in [0.2, 0.25) is 0 Å². The van der Waals surface area contributed by atoms with Crippen molar-refractivity contribution >= 4 is 0 Å². The summed E-state index contributed by atoms with van der Waals surface area (Å²) in [6, 6.07) is 4.04. The third-order valence-corrected chi connectivity index (χ3v) is 3.55. The van der Waals surface area contributed by atoms with Crippen LogP contribution in [0, 0.1) is 5.41 Å². The van der Waals surface area contributed by atoms with E-state index in [1.54, 1.807) is 6.20 Å². The van der Waals surface area contributed by atoms with Gasteiger partial charge in [-0.15, -0.1) is 0 Å². The van der Waals surface area contributed by atoms with Gasteiger partial charge in [-0.25, -0.2) is 0 Å². The highest BCUT2D eigenvalue weighted by atomic mass is 16.3. The number of rotatable bonds is 0. The molecule has 1 saturated carbocycles. The van der Waals surface area contributed by atoms with Crippen molar-refractivity contribution in [2.45, 2.75) is 31.8 Å². The number of hydrogen-bond donors (Lipinski definition) is 1. The molecule has 1 fully saturated rings. The Kier molecular flexibility index (Phi) is 1.34. The van der Waals surface area contributed by atoms with Gasteiger partial charge in [0, 0.05) is 11.6 Å². The topological polar surface area (TPSA) is 33.1 Å². The summed E-state index contributed by atoms with van der Waals surface area (Å²) in [5.41, 5.74) is 2.40. The Morgan fingerprint density at radius 3 is 3.00 bits per heavy atom. The molecule has 0 amide bonds. The molecule has 2 nitrogen and oxygen atoms in total. The molecule has 2 heteroatoms. The third-order valence-electron chi connectivity index (χ3n) is 3.55. The Bertz CT molecular complexity index is 344. The molecule has 1 N–H and O–H groups in total. The van der Waals surface area contributed by atoms with E-state index in [9.17, 15) is 5.11 Å². The minimum Gasteiger partial charge on any atom is -0.386 e. The predicted molar refractivity (Wildman–Crippen MR) is 49.2 cm³/mol. The third kappa shape index (κ3) is 0.953. The maximum absolute atomic E-state index is 10.1. The second-order valence-electron chi connectivity index (χ2n) is 4.31. The molecule has 0 radical (unpaired) electrons. The molecule has 2 aliphatic rings. The molecular weight excluding hydrogens is 162 g/mol. The van der Waals surface area contributed by atoms with Gasteiger partial charge in [-0.3, -0.25) is 4.98 Å². The molecule has 3 rings (SSSR count). The lowest BCUT2D eigenvalue weighted by atomic mass is 9.82. The van der Waals surface area contributed by atoms with Crippen molar-refractivity contribution in [3.8, 4) is 0 Å². The maximum Gasteiger partial charge on any atom is 0.102 e. The summed E-state index contributed by atoms with van der Waals surface area (Å²) in [6.45, 7) is 0.